The van der Waals surface area contributed by atoms with E-state index in [1.807, 2.05) is 0 Å². The molecule has 0 N–H and O–H groups in total. The van der Waals surface area contributed by atoms with Gasteiger partial charge in [-0.25, -0.2) is 0 Å². The summed E-state index contributed by atoms with van der Waals surface area (Å²) in [5.41, 5.74) is 0. The molecule has 0 radical (unpaired) electrons. The van der Waals surface area contributed by atoms with Gasteiger partial charge in [0.15, 0.2) is 0 Å². The fourth-order valence-electron chi connectivity index (χ4n) is 8.79. The van der Waals surface area contributed by atoms with Crippen molar-refractivity contribution in [1.82, 2.24) is 0 Å². The first kappa shape index (κ1) is 57.2. The van der Waals surface area contributed by atoms with Crippen molar-refractivity contribution in [2.45, 2.75) is 169 Å². The molecule has 4 aliphatic heterocycles. The first-order chi connectivity index (χ1) is 20.7. The SMILES string of the molecule is C1CCOC1.C1CCOC1.C1CCOC1.C1CCOC1.C[Si](C)(C)[C-]([Si](C)(C)C)[Si](C)(C)C.C[Si](C)(C)[C-]([Si](C)(C)C)[Si](C)(C)C.[Ag+].[Li+]. The summed E-state index contributed by atoms with van der Waals surface area (Å²) in [6, 6.07) is 0. The van der Waals surface area contributed by atoms with Crippen LogP contribution in [0, 0.1) is 9.58 Å². The van der Waals surface area contributed by atoms with Crippen molar-refractivity contribution in [3.63, 3.8) is 0 Å². The molecule has 0 aromatic rings. The zero-order valence-electron chi connectivity index (χ0n) is 36.2. The standard InChI is InChI=1S/2C10H27Si3.4C4H8O.Ag.Li/c2*1-11(2,3)10(12(4,5)6)13(7,8)9;4*1-2-4-5-3-1;;/h2*1-9H3;4*1-4H2;;/q2*-1;;;;;2*+1. The molecule has 0 atom stereocenters. The van der Waals surface area contributed by atoms with Crippen LogP contribution in [0.3, 0.4) is 0 Å². The van der Waals surface area contributed by atoms with Gasteiger partial charge in [-0.1, -0.05) is 118 Å². The molecule has 0 unspecified atom stereocenters. The molecule has 290 valence electrons. The van der Waals surface area contributed by atoms with Gasteiger partial charge in [0.2, 0.25) is 0 Å². The molecule has 4 heterocycles. The summed E-state index contributed by atoms with van der Waals surface area (Å²) in [4.78, 5) is 4.12. The van der Waals surface area contributed by atoms with Crippen molar-refractivity contribution in [3.05, 3.63) is 9.58 Å². The fraction of sp³-hybridized carbons (Fsp3) is 0.944. The largest absolute Gasteiger partial charge is 1.00 e. The van der Waals surface area contributed by atoms with E-state index in [0.29, 0.717) is 0 Å². The molecule has 48 heavy (non-hydrogen) atoms. The summed E-state index contributed by atoms with van der Waals surface area (Å²) in [6.07, 6.45) is 10.2. The van der Waals surface area contributed by atoms with E-state index >= 15 is 0 Å². The van der Waals surface area contributed by atoms with E-state index in [1.165, 1.54) is 51.4 Å². The second kappa shape index (κ2) is 28.0. The van der Waals surface area contributed by atoms with Crippen molar-refractivity contribution in [1.29, 1.82) is 0 Å². The van der Waals surface area contributed by atoms with Crippen LogP contribution in [0.5, 0.6) is 0 Å². The Balaban J connectivity index is -0.000000253. The summed E-state index contributed by atoms with van der Waals surface area (Å²) in [5, 5.41) is 0. The van der Waals surface area contributed by atoms with Gasteiger partial charge in [-0.3, -0.25) is 0 Å². The molecule has 4 fully saturated rings. The van der Waals surface area contributed by atoms with Gasteiger partial charge in [-0.05, 0) is 51.4 Å². The number of ether oxygens (including phenoxy) is 4. The van der Waals surface area contributed by atoms with E-state index in [2.05, 4.69) is 127 Å². The van der Waals surface area contributed by atoms with Crippen molar-refractivity contribution in [2.24, 2.45) is 0 Å². The zero-order chi connectivity index (χ0) is 36.3. The van der Waals surface area contributed by atoms with Gasteiger partial charge in [0.1, 0.15) is 0 Å². The second-order valence-electron chi connectivity index (χ2n) is 19.5. The Hall–Kier alpha value is 2.48. The molecule has 0 aromatic carbocycles. The summed E-state index contributed by atoms with van der Waals surface area (Å²) in [5.74, 6) is 0. The molecule has 0 saturated carbocycles. The third-order valence-electron chi connectivity index (χ3n) is 7.81. The third kappa shape index (κ3) is 32.0. The molecule has 4 aliphatic rings. The van der Waals surface area contributed by atoms with Crippen LogP contribution in [0.1, 0.15) is 51.4 Å². The summed E-state index contributed by atoms with van der Waals surface area (Å²) in [6.45, 7) is 53.5. The van der Waals surface area contributed by atoms with Crippen LogP contribution in [0.15, 0.2) is 0 Å². The quantitative estimate of drug-likeness (QED) is 0.198. The van der Waals surface area contributed by atoms with Crippen LogP contribution in [-0.2, 0) is 41.3 Å². The maximum atomic E-state index is 4.94. The predicted octanol–water partition coefficient (Wildman–Crippen LogP) is 8.57. The van der Waals surface area contributed by atoms with Crippen LogP contribution in [0.25, 0.3) is 0 Å². The Morgan fingerprint density at radius 2 is 0.375 bits per heavy atom. The Morgan fingerprint density at radius 3 is 0.396 bits per heavy atom. The maximum absolute atomic E-state index is 4.94. The smallest absolute Gasteiger partial charge is 0.381 e. The van der Waals surface area contributed by atoms with E-state index in [0.717, 1.165) is 52.9 Å². The van der Waals surface area contributed by atoms with Crippen molar-refractivity contribution < 1.29 is 60.2 Å². The molecule has 0 aliphatic carbocycles. The van der Waals surface area contributed by atoms with Crippen molar-refractivity contribution in [2.75, 3.05) is 52.9 Å². The van der Waals surface area contributed by atoms with Gasteiger partial charge < -0.3 is 28.5 Å². The van der Waals surface area contributed by atoms with Gasteiger partial charge >= 0.3 is 41.2 Å². The Morgan fingerprint density at radius 1 is 0.271 bits per heavy atom. The molecule has 0 spiro atoms. The number of rotatable bonds is 6. The van der Waals surface area contributed by atoms with Gasteiger partial charge in [-0.2, -0.15) is 0 Å². The molecule has 4 rings (SSSR count). The average Bonchev–Trinajstić information content (AvgIpc) is 3.64. The van der Waals surface area contributed by atoms with E-state index in [1.54, 1.807) is 0 Å². The minimum absolute atomic E-state index is 0. The van der Waals surface area contributed by atoms with E-state index < -0.39 is 48.4 Å². The van der Waals surface area contributed by atoms with Crippen LogP contribution in [0.2, 0.25) is 118 Å². The monoisotopic (exact) mass is 864 g/mol. The first-order valence-corrected chi connectivity index (χ1v) is 39.8. The minimum atomic E-state index is -1.02. The van der Waals surface area contributed by atoms with E-state index in [4.69, 9.17) is 18.9 Å². The van der Waals surface area contributed by atoms with Crippen LogP contribution < -0.4 is 18.9 Å². The van der Waals surface area contributed by atoms with E-state index in [9.17, 15) is 0 Å². The topological polar surface area (TPSA) is 36.9 Å². The number of hydrogen-bond acceptors (Lipinski definition) is 4. The molecule has 12 heteroatoms. The first-order valence-electron chi connectivity index (χ1n) is 18.8. The van der Waals surface area contributed by atoms with Gasteiger partial charge in [-0.15, -0.1) is 48.4 Å². The molecular formula is C36H86AgLiO4Si6. The van der Waals surface area contributed by atoms with Crippen LogP contribution in [-0.4, -0.2) is 101 Å². The Kier molecular flexibility index (Phi) is 33.3. The normalized spacial score (nSPS) is 18.2. The molecule has 4 saturated heterocycles. The molecule has 0 aromatic heterocycles. The Bertz CT molecular complexity index is 545. The average molecular weight is 866 g/mol. The zero-order valence-corrected chi connectivity index (χ0v) is 43.7. The third-order valence-corrected chi connectivity index (χ3v) is 43.8. The maximum Gasteiger partial charge on any atom is 1.00 e. The number of hydrogen-bond donors (Lipinski definition) is 0. The van der Waals surface area contributed by atoms with E-state index in [-0.39, 0.29) is 41.2 Å². The van der Waals surface area contributed by atoms with Gasteiger partial charge in [0.25, 0.3) is 0 Å². The second-order valence-corrected chi connectivity index (χ2v) is 52.5. The molecule has 0 bridgehead atoms. The minimum Gasteiger partial charge on any atom is -0.381 e. The van der Waals surface area contributed by atoms with Crippen molar-refractivity contribution >= 4 is 48.4 Å². The summed E-state index contributed by atoms with van der Waals surface area (Å²) in [7, 11) is -6.10. The molecule has 4 nitrogen and oxygen atoms in total. The van der Waals surface area contributed by atoms with Gasteiger partial charge in [0, 0.05) is 52.9 Å². The Labute approximate surface area is 337 Å². The predicted molar refractivity (Wildman–Crippen MR) is 227 cm³/mol. The molecule has 0 amide bonds. The van der Waals surface area contributed by atoms with Crippen molar-refractivity contribution in [3.8, 4) is 0 Å². The molecular weight excluding hydrogens is 780 g/mol. The van der Waals surface area contributed by atoms with Gasteiger partial charge in [0.05, 0.1) is 0 Å². The summed E-state index contributed by atoms with van der Waals surface area (Å²) < 4.78 is 19.8. The summed E-state index contributed by atoms with van der Waals surface area (Å²) >= 11 is 0. The van der Waals surface area contributed by atoms with Crippen LogP contribution >= 0.6 is 0 Å². The fourth-order valence-corrected chi connectivity index (χ4v) is 62.8. The van der Waals surface area contributed by atoms with Crippen LogP contribution in [0.4, 0.5) is 0 Å².